The third-order valence-corrected chi connectivity index (χ3v) is 4.51. The quantitative estimate of drug-likeness (QED) is 0.900. The number of hydrogen-bond acceptors (Lipinski definition) is 3. The maximum atomic E-state index is 11.2. The molecule has 1 heterocycles. The molecule has 1 aliphatic heterocycles. The zero-order valence-electron chi connectivity index (χ0n) is 13.3. The first-order chi connectivity index (χ1) is 9.95. The molecule has 0 spiro atoms. The summed E-state index contributed by atoms with van der Waals surface area (Å²) in [7, 11) is 2.12. The number of aliphatic carboxylic acids is 1. The Morgan fingerprint density at radius 2 is 1.86 bits per heavy atom. The van der Waals surface area contributed by atoms with Gasteiger partial charge in [0.2, 0.25) is 0 Å². The molecule has 1 aromatic rings. The molecular formula is C17H26N2O2. The van der Waals surface area contributed by atoms with Crippen LogP contribution in [0.1, 0.15) is 23.1 Å². The fourth-order valence-electron chi connectivity index (χ4n) is 2.92. The maximum absolute atomic E-state index is 11.2. The summed E-state index contributed by atoms with van der Waals surface area (Å²) in [6.07, 6.45) is 1.04. The second kappa shape index (κ2) is 7.05. The minimum atomic E-state index is -0.706. The van der Waals surface area contributed by atoms with Gasteiger partial charge in [0, 0.05) is 32.2 Å². The van der Waals surface area contributed by atoms with Crippen molar-refractivity contribution < 1.29 is 9.90 Å². The Labute approximate surface area is 127 Å². The summed E-state index contributed by atoms with van der Waals surface area (Å²) in [4.78, 5) is 15.8. The van der Waals surface area contributed by atoms with Crippen molar-refractivity contribution in [1.29, 1.82) is 0 Å². The molecule has 2 rings (SSSR count). The Hall–Kier alpha value is -1.39. The fourth-order valence-corrected chi connectivity index (χ4v) is 2.92. The maximum Gasteiger partial charge on any atom is 0.304 e. The monoisotopic (exact) mass is 290 g/mol. The van der Waals surface area contributed by atoms with E-state index in [0.29, 0.717) is 0 Å². The van der Waals surface area contributed by atoms with Crippen LogP contribution in [0.5, 0.6) is 0 Å². The van der Waals surface area contributed by atoms with Gasteiger partial charge in [0.25, 0.3) is 0 Å². The average Bonchev–Trinajstić information content (AvgIpc) is 2.42. The van der Waals surface area contributed by atoms with Crippen molar-refractivity contribution in [2.75, 3.05) is 33.2 Å². The lowest BCUT2D eigenvalue weighted by Gasteiger charge is -2.37. The van der Waals surface area contributed by atoms with Crippen LogP contribution in [0.15, 0.2) is 18.2 Å². The van der Waals surface area contributed by atoms with Gasteiger partial charge in [-0.3, -0.25) is 9.69 Å². The van der Waals surface area contributed by atoms with Gasteiger partial charge in [-0.2, -0.15) is 0 Å². The van der Waals surface area contributed by atoms with Gasteiger partial charge in [0.1, 0.15) is 0 Å². The number of likely N-dealkylation sites (N-methyl/N-ethyl adjacent to an activating group) is 1. The van der Waals surface area contributed by atoms with Crippen molar-refractivity contribution in [1.82, 2.24) is 9.80 Å². The molecule has 1 saturated heterocycles. The molecule has 4 heteroatoms. The van der Waals surface area contributed by atoms with E-state index in [1.54, 1.807) is 0 Å². The summed E-state index contributed by atoms with van der Waals surface area (Å²) in [6, 6.07) is 6.55. The number of carbonyl (C=O) groups is 1. The molecule has 1 unspecified atom stereocenters. The number of aryl methyl sites for hydroxylation is 2. The van der Waals surface area contributed by atoms with E-state index in [1.807, 2.05) is 0 Å². The van der Waals surface area contributed by atoms with Crippen LogP contribution >= 0.6 is 0 Å². The Morgan fingerprint density at radius 1 is 1.19 bits per heavy atom. The number of rotatable bonds is 5. The number of carboxylic acid groups (broad SMARTS) is 1. The average molecular weight is 290 g/mol. The summed E-state index contributed by atoms with van der Waals surface area (Å²) in [6.45, 7) is 8.17. The number of nitrogens with zero attached hydrogens (tertiary/aromatic N) is 2. The smallest absolute Gasteiger partial charge is 0.304 e. The van der Waals surface area contributed by atoms with Gasteiger partial charge in [0.05, 0.1) is 6.42 Å². The fraction of sp³-hybridized carbons (Fsp3) is 0.588. The summed E-state index contributed by atoms with van der Waals surface area (Å²) < 4.78 is 0. The van der Waals surface area contributed by atoms with E-state index >= 15 is 0 Å². The molecule has 0 aliphatic carbocycles. The Morgan fingerprint density at radius 3 is 2.43 bits per heavy atom. The first-order valence-corrected chi connectivity index (χ1v) is 7.66. The molecule has 21 heavy (non-hydrogen) atoms. The second-order valence-electron chi connectivity index (χ2n) is 6.21. The molecule has 116 valence electrons. The second-order valence-corrected chi connectivity index (χ2v) is 6.21. The largest absolute Gasteiger partial charge is 0.481 e. The van der Waals surface area contributed by atoms with Crippen LogP contribution < -0.4 is 0 Å². The van der Waals surface area contributed by atoms with Gasteiger partial charge >= 0.3 is 5.97 Å². The highest BCUT2D eigenvalue weighted by Crippen LogP contribution is 2.17. The van der Waals surface area contributed by atoms with E-state index in [1.165, 1.54) is 16.7 Å². The highest BCUT2D eigenvalue weighted by atomic mass is 16.4. The Kier molecular flexibility index (Phi) is 5.37. The van der Waals surface area contributed by atoms with E-state index < -0.39 is 5.97 Å². The predicted octanol–water partition coefficient (Wildman–Crippen LogP) is 1.94. The number of carboxylic acids is 1. The van der Waals surface area contributed by atoms with E-state index in [2.05, 4.69) is 48.9 Å². The number of hydrogen-bond donors (Lipinski definition) is 1. The minimum absolute atomic E-state index is 0.0957. The highest BCUT2D eigenvalue weighted by molar-refractivity contribution is 5.67. The lowest BCUT2D eigenvalue weighted by Crippen LogP contribution is -2.50. The normalized spacial score (nSPS) is 18.6. The first kappa shape index (κ1) is 16.0. The Balaban J connectivity index is 2.08. The molecular weight excluding hydrogens is 264 g/mol. The van der Waals surface area contributed by atoms with Gasteiger partial charge < -0.3 is 10.0 Å². The molecule has 4 nitrogen and oxygen atoms in total. The van der Waals surface area contributed by atoms with E-state index in [-0.39, 0.29) is 12.5 Å². The summed E-state index contributed by atoms with van der Waals surface area (Å²) >= 11 is 0. The van der Waals surface area contributed by atoms with Gasteiger partial charge in [-0.25, -0.2) is 0 Å². The van der Waals surface area contributed by atoms with Crippen molar-refractivity contribution in [2.24, 2.45) is 0 Å². The van der Waals surface area contributed by atoms with Crippen LogP contribution in [0.25, 0.3) is 0 Å². The lowest BCUT2D eigenvalue weighted by atomic mass is 9.98. The first-order valence-electron chi connectivity index (χ1n) is 7.66. The van der Waals surface area contributed by atoms with E-state index in [0.717, 1.165) is 32.6 Å². The molecule has 0 bridgehead atoms. The van der Waals surface area contributed by atoms with Gasteiger partial charge in [-0.15, -0.1) is 0 Å². The van der Waals surface area contributed by atoms with Crippen molar-refractivity contribution in [2.45, 2.75) is 32.7 Å². The van der Waals surface area contributed by atoms with Gasteiger partial charge in [0.15, 0.2) is 0 Å². The SMILES string of the molecule is Cc1ccc(CC(CC(=O)O)N2CCN(C)CC2)cc1C. The summed E-state index contributed by atoms with van der Waals surface area (Å²) in [5.41, 5.74) is 3.80. The lowest BCUT2D eigenvalue weighted by molar-refractivity contribution is -0.138. The van der Waals surface area contributed by atoms with Crippen LogP contribution in [0.2, 0.25) is 0 Å². The zero-order valence-corrected chi connectivity index (χ0v) is 13.3. The van der Waals surface area contributed by atoms with Crippen LogP contribution in [-0.2, 0) is 11.2 Å². The zero-order chi connectivity index (χ0) is 15.4. The summed E-state index contributed by atoms with van der Waals surface area (Å²) in [5.74, 6) is -0.706. The standard InChI is InChI=1S/C17H26N2O2/c1-13-4-5-15(10-14(13)2)11-16(12-17(20)21)19-8-6-18(3)7-9-19/h4-5,10,16H,6-9,11-12H2,1-3H3,(H,20,21). The number of piperazine rings is 1. The van der Waals surface area contributed by atoms with Crippen LogP contribution in [0.3, 0.4) is 0 Å². The van der Waals surface area contributed by atoms with Crippen LogP contribution in [0, 0.1) is 13.8 Å². The highest BCUT2D eigenvalue weighted by Gasteiger charge is 2.24. The van der Waals surface area contributed by atoms with Crippen LogP contribution in [-0.4, -0.2) is 60.1 Å². The molecule has 1 atom stereocenters. The van der Waals surface area contributed by atoms with E-state index in [9.17, 15) is 9.90 Å². The molecule has 0 amide bonds. The van der Waals surface area contributed by atoms with Gasteiger partial charge in [-0.1, -0.05) is 18.2 Å². The van der Waals surface area contributed by atoms with Crippen molar-refractivity contribution in [3.63, 3.8) is 0 Å². The third-order valence-electron chi connectivity index (χ3n) is 4.51. The van der Waals surface area contributed by atoms with E-state index in [4.69, 9.17) is 0 Å². The van der Waals surface area contributed by atoms with Crippen molar-refractivity contribution in [3.05, 3.63) is 34.9 Å². The topological polar surface area (TPSA) is 43.8 Å². The molecule has 1 aromatic carbocycles. The minimum Gasteiger partial charge on any atom is -0.481 e. The predicted molar refractivity (Wildman–Crippen MR) is 84.7 cm³/mol. The molecule has 0 radical (unpaired) electrons. The molecule has 1 aliphatic rings. The van der Waals surface area contributed by atoms with Crippen molar-refractivity contribution in [3.8, 4) is 0 Å². The molecule has 0 aromatic heterocycles. The summed E-state index contributed by atoms with van der Waals surface area (Å²) in [5, 5.41) is 9.21. The molecule has 0 saturated carbocycles. The van der Waals surface area contributed by atoms with Crippen LogP contribution in [0.4, 0.5) is 0 Å². The molecule has 1 N–H and O–H groups in total. The molecule has 1 fully saturated rings. The van der Waals surface area contributed by atoms with Crippen molar-refractivity contribution >= 4 is 5.97 Å². The Bertz CT molecular complexity index is 494. The number of benzene rings is 1. The van der Waals surface area contributed by atoms with Gasteiger partial charge in [-0.05, 0) is 44.0 Å². The third kappa shape index (κ3) is 4.55.